The molecule has 124 valence electrons. The Balaban J connectivity index is 2.63. The van der Waals surface area contributed by atoms with E-state index >= 15 is 0 Å². The lowest BCUT2D eigenvalue weighted by Gasteiger charge is -2.16. The quantitative estimate of drug-likeness (QED) is 0.742. The van der Waals surface area contributed by atoms with Crippen LogP contribution in [0, 0.1) is 0 Å². The van der Waals surface area contributed by atoms with Gasteiger partial charge in [-0.2, -0.15) is 8.78 Å². The van der Waals surface area contributed by atoms with Gasteiger partial charge < -0.3 is 9.84 Å². The van der Waals surface area contributed by atoms with Gasteiger partial charge in [-0.1, -0.05) is 39.8 Å². The number of benzene rings is 2. The highest BCUT2D eigenvalue weighted by Crippen LogP contribution is 2.39. The fourth-order valence-electron chi connectivity index (χ4n) is 2.44. The van der Waals surface area contributed by atoms with Gasteiger partial charge in [0.15, 0.2) is 0 Å². The molecule has 2 aromatic carbocycles. The zero-order valence-electron chi connectivity index (χ0n) is 13.8. The highest BCUT2D eigenvalue weighted by Gasteiger charge is 2.17. The van der Waals surface area contributed by atoms with Crippen LogP contribution in [0.15, 0.2) is 36.4 Å². The minimum absolute atomic E-state index is 0.0504. The number of phenols is 1. The number of alkyl halides is 2. The zero-order valence-corrected chi connectivity index (χ0v) is 13.8. The summed E-state index contributed by atoms with van der Waals surface area (Å²) in [5.41, 5.74) is 3.01. The SMILES string of the molecule is CC(C)c1ccc(O)c(-c2cc(C(C)C)ccc2OC(F)F)c1. The Morgan fingerprint density at radius 1 is 0.826 bits per heavy atom. The van der Waals surface area contributed by atoms with Crippen molar-refractivity contribution in [3.05, 3.63) is 47.5 Å². The molecule has 4 heteroatoms. The molecule has 0 radical (unpaired) electrons. The molecular formula is C19H22F2O2. The van der Waals surface area contributed by atoms with E-state index in [0.29, 0.717) is 11.1 Å². The van der Waals surface area contributed by atoms with Gasteiger partial charge in [-0.15, -0.1) is 0 Å². The van der Waals surface area contributed by atoms with Gasteiger partial charge in [-0.05, 0) is 47.2 Å². The van der Waals surface area contributed by atoms with E-state index in [9.17, 15) is 13.9 Å². The van der Waals surface area contributed by atoms with Crippen molar-refractivity contribution in [2.75, 3.05) is 0 Å². The van der Waals surface area contributed by atoms with Crippen LogP contribution in [0.1, 0.15) is 50.7 Å². The predicted molar refractivity (Wildman–Crippen MR) is 88.4 cm³/mol. The van der Waals surface area contributed by atoms with Crippen molar-refractivity contribution in [2.24, 2.45) is 0 Å². The van der Waals surface area contributed by atoms with Gasteiger partial charge >= 0.3 is 6.61 Å². The lowest BCUT2D eigenvalue weighted by Crippen LogP contribution is -2.04. The smallest absolute Gasteiger partial charge is 0.387 e. The summed E-state index contributed by atoms with van der Waals surface area (Å²) in [6.07, 6.45) is 0. The summed E-state index contributed by atoms with van der Waals surface area (Å²) >= 11 is 0. The molecule has 0 spiro atoms. The predicted octanol–water partition coefficient (Wildman–Crippen LogP) is 5.91. The first kappa shape index (κ1) is 17.3. The Kier molecular flexibility index (Phi) is 5.24. The first-order chi connectivity index (χ1) is 10.8. The van der Waals surface area contributed by atoms with Gasteiger partial charge in [0.1, 0.15) is 11.5 Å². The van der Waals surface area contributed by atoms with E-state index < -0.39 is 6.61 Å². The first-order valence-corrected chi connectivity index (χ1v) is 7.71. The molecule has 0 fully saturated rings. The van der Waals surface area contributed by atoms with Crippen LogP contribution in [0.4, 0.5) is 8.78 Å². The molecule has 0 unspecified atom stereocenters. The lowest BCUT2D eigenvalue weighted by atomic mass is 9.93. The highest BCUT2D eigenvalue weighted by molar-refractivity contribution is 5.77. The van der Waals surface area contributed by atoms with Gasteiger partial charge in [0.2, 0.25) is 0 Å². The molecule has 2 nitrogen and oxygen atoms in total. The molecule has 0 saturated carbocycles. The molecule has 23 heavy (non-hydrogen) atoms. The van der Waals surface area contributed by atoms with Gasteiger partial charge in [-0.25, -0.2) is 0 Å². The number of phenolic OH excluding ortho intramolecular Hbond substituents is 1. The maximum atomic E-state index is 12.7. The summed E-state index contributed by atoms with van der Waals surface area (Å²) in [5, 5.41) is 10.2. The number of ether oxygens (including phenoxy) is 1. The Hall–Kier alpha value is -2.10. The molecule has 0 saturated heterocycles. The maximum Gasteiger partial charge on any atom is 0.387 e. The van der Waals surface area contributed by atoms with Crippen LogP contribution >= 0.6 is 0 Å². The molecule has 0 amide bonds. The van der Waals surface area contributed by atoms with Gasteiger partial charge in [-0.3, -0.25) is 0 Å². The van der Waals surface area contributed by atoms with E-state index in [2.05, 4.69) is 4.74 Å². The molecule has 0 aliphatic carbocycles. The van der Waals surface area contributed by atoms with Crippen molar-refractivity contribution < 1.29 is 18.6 Å². The van der Waals surface area contributed by atoms with Crippen molar-refractivity contribution in [1.82, 2.24) is 0 Å². The van der Waals surface area contributed by atoms with Crippen LogP contribution in [0.5, 0.6) is 11.5 Å². The Labute approximate surface area is 135 Å². The zero-order chi connectivity index (χ0) is 17.1. The van der Waals surface area contributed by atoms with Crippen LogP contribution in [0.25, 0.3) is 11.1 Å². The van der Waals surface area contributed by atoms with Crippen LogP contribution in [0.3, 0.4) is 0 Å². The standard InChI is InChI=1S/C19H22F2O2/c1-11(2)13-5-7-17(22)15(9-13)16-10-14(12(3)4)6-8-18(16)23-19(20)21/h5-12,19,22H,1-4H3. The van der Waals surface area contributed by atoms with E-state index in [1.54, 1.807) is 12.1 Å². The van der Waals surface area contributed by atoms with E-state index in [-0.39, 0.29) is 23.3 Å². The average molecular weight is 320 g/mol. The van der Waals surface area contributed by atoms with Gasteiger partial charge in [0, 0.05) is 11.1 Å². The molecule has 0 heterocycles. The normalized spacial score (nSPS) is 11.5. The van der Waals surface area contributed by atoms with E-state index in [4.69, 9.17) is 0 Å². The fraction of sp³-hybridized carbons (Fsp3) is 0.368. The van der Waals surface area contributed by atoms with Crippen LogP contribution in [-0.2, 0) is 0 Å². The number of rotatable bonds is 5. The third-order valence-corrected chi connectivity index (χ3v) is 3.86. The van der Waals surface area contributed by atoms with Gasteiger partial charge in [0.05, 0.1) is 0 Å². The first-order valence-electron chi connectivity index (χ1n) is 7.71. The minimum atomic E-state index is -2.91. The van der Waals surface area contributed by atoms with Gasteiger partial charge in [0.25, 0.3) is 0 Å². The summed E-state index contributed by atoms with van der Waals surface area (Å²) in [6.45, 7) is 5.22. The summed E-state index contributed by atoms with van der Waals surface area (Å²) < 4.78 is 30.0. The Morgan fingerprint density at radius 2 is 1.35 bits per heavy atom. The molecule has 0 aliphatic heterocycles. The van der Waals surface area contributed by atoms with Crippen molar-refractivity contribution >= 4 is 0 Å². The second-order valence-corrected chi connectivity index (χ2v) is 6.22. The number of aromatic hydroxyl groups is 1. The molecule has 2 rings (SSSR count). The highest BCUT2D eigenvalue weighted by atomic mass is 19.3. The van der Waals surface area contributed by atoms with Crippen LogP contribution in [0.2, 0.25) is 0 Å². The largest absolute Gasteiger partial charge is 0.507 e. The molecule has 0 bridgehead atoms. The number of halogens is 2. The second-order valence-electron chi connectivity index (χ2n) is 6.22. The van der Waals surface area contributed by atoms with E-state index in [1.165, 1.54) is 6.07 Å². The Morgan fingerprint density at radius 3 is 1.87 bits per heavy atom. The number of hydrogen-bond acceptors (Lipinski definition) is 2. The lowest BCUT2D eigenvalue weighted by molar-refractivity contribution is -0.0494. The Bertz CT molecular complexity index is 679. The van der Waals surface area contributed by atoms with E-state index in [0.717, 1.165) is 11.1 Å². The molecule has 0 atom stereocenters. The third kappa shape index (κ3) is 4.01. The van der Waals surface area contributed by atoms with Crippen molar-refractivity contribution in [1.29, 1.82) is 0 Å². The second kappa shape index (κ2) is 6.99. The average Bonchev–Trinajstić information content (AvgIpc) is 2.47. The summed E-state index contributed by atoms with van der Waals surface area (Å²) in [6, 6.07) is 10.4. The molecule has 1 N–H and O–H groups in total. The molecule has 0 aliphatic rings. The van der Waals surface area contributed by atoms with Crippen molar-refractivity contribution in [3.8, 4) is 22.6 Å². The monoisotopic (exact) mass is 320 g/mol. The topological polar surface area (TPSA) is 29.5 Å². The fourth-order valence-corrected chi connectivity index (χ4v) is 2.44. The molecule has 0 aromatic heterocycles. The summed E-state index contributed by atoms with van der Waals surface area (Å²) in [5.74, 6) is 0.627. The summed E-state index contributed by atoms with van der Waals surface area (Å²) in [4.78, 5) is 0. The molecular weight excluding hydrogens is 298 g/mol. The van der Waals surface area contributed by atoms with Crippen molar-refractivity contribution in [3.63, 3.8) is 0 Å². The van der Waals surface area contributed by atoms with Crippen LogP contribution < -0.4 is 4.74 Å². The maximum absolute atomic E-state index is 12.7. The molecule has 2 aromatic rings. The van der Waals surface area contributed by atoms with E-state index in [1.807, 2.05) is 45.9 Å². The van der Waals surface area contributed by atoms with Crippen molar-refractivity contribution in [2.45, 2.75) is 46.1 Å². The minimum Gasteiger partial charge on any atom is -0.507 e. The number of hydrogen-bond donors (Lipinski definition) is 1. The summed E-state index contributed by atoms with van der Waals surface area (Å²) in [7, 11) is 0. The van der Waals surface area contributed by atoms with Crippen LogP contribution in [-0.4, -0.2) is 11.7 Å². The third-order valence-electron chi connectivity index (χ3n) is 3.86.